The van der Waals surface area contributed by atoms with Crippen molar-refractivity contribution in [1.82, 2.24) is 0 Å². The molecule has 35 heavy (non-hydrogen) atoms. The summed E-state index contributed by atoms with van der Waals surface area (Å²) < 4.78 is 32.2. The van der Waals surface area contributed by atoms with Crippen molar-refractivity contribution in [3.05, 3.63) is 0 Å². The summed E-state index contributed by atoms with van der Waals surface area (Å²) in [5.74, 6) is -2.37. The summed E-state index contributed by atoms with van der Waals surface area (Å²) in [7, 11) is 0. The smallest absolute Gasteiger partial charge is 0.305 e. The van der Waals surface area contributed by atoms with Gasteiger partial charge in [-0.05, 0) is 0 Å². The van der Waals surface area contributed by atoms with E-state index in [2.05, 4.69) is 0 Å². The molecule has 0 amide bonds. The molecule has 1 unspecified atom stereocenters. The van der Waals surface area contributed by atoms with Crippen LogP contribution in [0.15, 0.2) is 0 Å². The van der Waals surface area contributed by atoms with E-state index in [-0.39, 0.29) is 71.9 Å². The van der Waals surface area contributed by atoms with Crippen molar-refractivity contribution < 1.29 is 52.4 Å². The van der Waals surface area contributed by atoms with Crippen LogP contribution in [0.25, 0.3) is 0 Å². The van der Waals surface area contributed by atoms with E-state index >= 15 is 0 Å². The molecule has 0 bridgehead atoms. The summed E-state index contributed by atoms with van der Waals surface area (Å²) in [4.78, 5) is 58.5. The number of carbonyl (C=O) groups is 5. The second kappa shape index (κ2) is 16.9. The summed E-state index contributed by atoms with van der Waals surface area (Å²) in [6, 6.07) is 0. The van der Waals surface area contributed by atoms with Gasteiger partial charge in [0.25, 0.3) is 0 Å². The molecule has 0 saturated carbocycles. The molecule has 0 N–H and O–H groups in total. The Balaban J connectivity index is 5.64. The van der Waals surface area contributed by atoms with Gasteiger partial charge in [-0.1, -0.05) is 34.6 Å². The molecule has 0 aromatic rings. The Morgan fingerprint density at radius 1 is 0.514 bits per heavy atom. The maximum absolute atomic E-state index is 11.8. The van der Waals surface area contributed by atoms with Gasteiger partial charge in [-0.25, -0.2) is 0 Å². The normalized spacial score (nSPS) is 12.7. The van der Waals surface area contributed by atoms with Crippen molar-refractivity contribution in [2.24, 2.45) is 10.8 Å². The molecule has 0 aliphatic rings. The lowest BCUT2D eigenvalue weighted by molar-refractivity contribution is -0.169. The fraction of sp³-hybridized carbons (Fsp3) is 0.792. The minimum absolute atomic E-state index is 0.0236. The lowest BCUT2D eigenvalue weighted by atomic mass is 9.91. The van der Waals surface area contributed by atoms with Gasteiger partial charge in [0.15, 0.2) is 0 Å². The van der Waals surface area contributed by atoms with Crippen LogP contribution in [0.2, 0.25) is 0 Å². The predicted octanol–water partition coefficient (Wildman–Crippen LogP) is 2.37. The van der Waals surface area contributed by atoms with Gasteiger partial charge in [0, 0.05) is 32.6 Å². The largest absolute Gasteiger partial charge is 0.465 e. The van der Waals surface area contributed by atoms with E-state index in [1.54, 1.807) is 34.6 Å². The second-order valence-electron chi connectivity index (χ2n) is 8.64. The Morgan fingerprint density at radius 3 is 1.20 bits per heavy atom. The van der Waals surface area contributed by atoms with Gasteiger partial charge in [0.1, 0.15) is 33.0 Å². The molecule has 1 atom stereocenters. The van der Waals surface area contributed by atoms with Crippen LogP contribution in [0.5, 0.6) is 0 Å². The van der Waals surface area contributed by atoms with Gasteiger partial charge in [0.05, 0.1) is 24.0 Å². The van der Waals surface area contributed by atoms with E-state index in [0.717, 1.165) is 0 Å². The summed E-state index contributed by atoms with van der Waals surface area (Å²) in [5.41, 5.74) is -2.06. The first kappa shape index (κ1) is 32.3. The molecule has 11 nitrogen and oxygen atoms in total. The third-order valence-corrected chi connectivity index (χ3v) is 4.84. The first-order chi connectivity index (χ1) is 16.4. The van der Waals surface area contributed by atoms with Gasteiger partial charge in [-0.3, -0.25) is 24.0 Å². The van der Waals surface area contributed by atoms with Gasteiger partial charge in [-0.15, -0.1) is 0 Å². The van der Waals surface area contributed by atoms with Crippen molar-refractivity contribution in [1.29, 1.82) is 0 Å². The van der Waals surface area contributed by atoms with Crippen LogP contribution in [-0.4, -0.2) is 76.1 Å². The molecular formula is C24H40O11. The number of hydrogen-bond acceptors (Lipinski definition) is 11. The predicted molar refractivity (Wildman–Crippen MR) is 123 cm³/mol. The number of hydrogen-bond donors (Lipinski definition) is 0. The van der Waals surface area contributed by atoms with Crippen LogP contribution in [0.4, 0.5) is 0 Å². The van der Waals surface area contributed by atoms with E-state index in [1.165, 1.54) is 6.92 Å². The van der Waals surface area contributed by atoms with Crippen LogP contribution < -0.4 is 0 Å². The van der Waals surface area contributed by atoms with E-state index in [4.69, 9.17) is 28.4 Å². The molecule has 0 saturated heterocycles. The van der Waals surface area contributed by atoms with E-state index < -0.39 is 40.7 Å². The Hall–Kier alpha value is -2.69. The Morgan fingerprint density at radius 2 is 0.857 bits per heavy atom. The van der Waals surface area contributed by atoms with E-state index in [0.29, 0.717) is 0 Å². The molecular weight excluding hydrogens is 464 g/mol. The maximum Gasteiger partial charge on any atom is 0.305 e. The minimum atomic E-state index is -1.18. The van der Waals surface area contributed by atoms with Crippen LogP contribution >= 0.6 is 0 Å². The molecule has 0 aliphatic heterocycles. The average molecular weight is 505 g/mol. The molecule has 0 rings (SSSR count). The van der Waals surface area contributed by atoms with E-state index in [9.17, 15) is 24.0 Å². The van der Waals surface area contributed by atoms with Crippen molar-refractivity contribution in [3.8, 4) is 0 Å². The van der Waals surface area contributed by atoms with Crippen molar-refractivity contribution in [2.45, 2.75) is 67.2 Å². The van der Waals surface area contributed by atoms with Crippen LogP contribution in [-0.2, 0) is 52.4 Å². The maximum atomic E-state index is 11.8. The highest BCUT2D eigenvalue weighted by atomic mass is 16.6. The lowest BCUT2D eigenvalue weighted by Gasteiger charge is -2.34. The second-order valence-corrected chi connectivity index (χ2v) is 8.64. The van der Waals surface area contributed by atoms with Crippen molar-refractivity contribution in [3.63, 3.8) is 0 Å². The van der Waals surface area contributed by atoms with Crippen molar-refractivity contribution >= 4 is 29.8 Å². The molecule has 0 heterocycles. The van der Waals surface area contributed by atoms with Gasteiger partial charge >= 0.3 is 29.8 Å². The highest BCUT2D eigenvalue weighted by molar-refractivity contribution is 5.70. The molecule has 0 aromatic carbocycles. The Bertz CT molecular complexity index is 653. The fourth-order valence-corrected chi connectivity index (χ4v) is 2.53. The molecule has 0 spiro atoms. The molecule has 0 aromatic heterocycles. The number of ether oxygens (including phenoxy) is 6. The fourth-order valence-electron chi connectivity index (χ4n) is 2.53. The van der Waals surface area contributed by atoms with E-state index in [1.807, 2.05) is 0 Å². The Labute approximate surface area is 207 Å². The quantitative estimate of drug-likeness (QED) is 0.201. The topological polar surface area (TPSA) is 141 Å². The third kappa shape index (κ3) is 14.3. The highest BCUT2D eigenvalue weighted by Crippen LogP contribution is 2.25. The Kier molecular flexibility index (Phi) is 15.6. The number of rotatable bonds is 18. The van der Waals surface area contributed by atoms with Crippen LogP contribution in [0.3, 0.4) is 0 Å². The first-order valence-corrected chi connectivity index (χ1v) is 11.8. The molecule has 0 radical (unpaired) electrons. The SMILES string of the molecule is CCC(=O)OCC(C)(COCC(COC(=O)CC)(COC(=O)CC)COC(=O)CC)COC(C)=O. The molecule has 0 fully saturated rings. The minimum Gasteiger partial charge on any atom is -0.465 e. The zero-order valence-electron chi connectivity index (χ0n) is 21.8. The van der Waals surface area contributed by atoms with Crippen LogP contribution in [0.1, 0.15) is 67.2 Å². The summed E-state index contributed by atoms with van der Waals surface area (Å²) in [6.07, 6.45) is 0.569. The van der Waals surface area contributed by atoms with Gasteiger partial charge in [-0.2, -0.15) is 0 Å². The average Bonchev–Trinajstić information content (AvgIpc) is 2.85. The third-order valence-electron chi connectivity index (χ3n) is 4.84. The summed E-state index contributed by atoms with van der Waals surface area (Å²) >= 11 is 0. The number of esters is 5. The molecule has 202 valence electrons. The van der Waals surface area contributed by atoms with Gasteiger partial charge < -0.3 is 28.4 Å². The van der Waals surface area contributed by atoms with Crippen LogP contribution in [0, 0.1) is 10.8 Å². The number of carbonyl (C=O) groups excluding carboxylic acids is 5. The zero-order chi connectivity index (χ0) is 26.9. The highest BCUT2D eigenvalue weighted by Gasteiger charge is 2.38. The molecule has 0 aliphatic carbocycles. The summed E-state index contributed by atoms with van der Waals surface area (Å²) in [5, 5.41) is 0. The first-order valence-electron chi connectivity index (χ1n) is 11.8. The standard InChI is InChI=1S/C24H40O11/c1-7-19(26)32-13-23(6,12-31-18(5)25)11-30-14-24(15-33-20(27)8-2,16-34-21(28)9-3)17-35-22(29)10-4/h7-17H2,1-6H3. The van der Waals surface area contributed by atoms with Crippen molar-refractivity contribution in [2.75, 3.05) is 46.2 Å². The molecule has 11 heteroatoms. The van der Waals surface area contributed by atoms with Gasteiger partial charge in [0.2, 0.25) is 0 Å². The lowest BCUT2D eigenvalue weighted by Crippen LogP contribution is -2.45. The zero-order valence-corrected chi connectivity index (χ0v) is 21.8. The summed E-state index contributed by atoms with van der Waals surface area (Å²) in [6.45, 7) is 8.56. The monoisotopic (exact) mass is 504 g/mol.